The number of nitrogens with zero attached hydrogens (tertiary/aromatic N) is 1. The molecule has 0 spiro atoms. The van der Waals surface area contributed by atoms with Gasteiger partial charge in [0.2, 0.25) is 0 Å². The monoisotopic (exact) mass is 241 g/mol. The SMILES string of the molecule is C[C@H](NC(=O)Nc1nccs1)[C@H]1CCCO1. The molecule has 0 bridgehead atoms. The number of hydrogen-bond donors (Lipinski definition) is 2. The van der Waals surface area contributed by atoms with Crippen molar-refractivity contribution in [3.05, 3.63) is 11.6 Å². The van der Waals surface area contributed by atoms with E-state index in [0.717, 1.165) is 19.4 Å². The Kier molecular flexibility index (Phi) is 3.74. The second kappa shape index (κ2) is 5.27. The summed E-state index contributed by atoms with van der Waals surface area (Å²) in [7, 11) is 0. The van der Waals surface area contributed by atoms with E-state index < -0.39 is 0 Å². The second-order valence-corrected chi connectivity index (χ2v) is 4.67. The van der Waals surface area contributed by atoms with Gasteiger partial charge in [-0.25, -0.2) is 9.78 Å². The van der Waals surface area contributed by atoms with Crippen molar-refractivity contribution in [2.45, 2.75) is 31.9 Å². The van der Waals surface area contributed by atoms with Gasteiger partial charge in [0.1, 0.15) is 0 Å². The van der Waals surface area contributed by atoms with E-state index in [1.807, 2.05) is 12.3 Å². The molecule has 1 aromatic rings. The van der Waals surface area contributed by atoms with Crippen LogP contribution in [0.2, 0.25) is 0 Å². The highest BCUT2D eigenvalue weighted by Crippen LogP contribution is 2.15. The molecule has 1 aromatic heterocycles. The topological polar surface area (TPSA) is 63.2 Å². The predicted octanol–water partition coefficient (Wildman–Crippen LogP) is 1.83. The summed E-state index contributed by atoms with van der Waals surface area (Å²) >= 11 is 1.40. The summed E-state index contributed by atoms with van der Waals surface area (Å²) in [6.07, 6.45) is 3.88. The van der Waals surface area contributed by atoms with Crippen LogP contribution < -0.4 is 10.6 Å². The number of amides is 2. The first-order chi connectivity index (χ1) is 7.75. The fraction of sp³-hybridized carbons (Fsp3) is 0.600. The Balaban J connectivity index is 1.78. The molecule has 2 rings (SSSR count). The zero-order chi connectivity index (χ0) is 11.4. The minimum absolute atomic E-state index is 0.0301. The van der Waals surface area contributed by atoms with E-state index >= 15 is 0 Å². The number of urea groups is 1. The highest BCUT2D eigenvalue weighted by molar-refractivity contribution is 7.13. The molecule has 88 valence electrons. The molecule has 1 aliphatic heterocycles. The number of carbonyl (C=O) groups is 1. The third-order valence-electron chi connectivity index (χ3n) is 2.53. The Morgan fingerprint density at radius 1 is 1.75 bits per heavy atom. The number of ether oxygens (including phenoxy) is 1. The van der Waals surface area contributed by atoms with Gasteiger partial charge in [-0.1, -0.05) is 0 Å². The van der Waals surface area contributed by atoms with Crippen LogP contribution in [-0.2, 0) is 4.74 Å². The molecule has 2 atom stereocenters. The van der Waals surface area contributed by atoms with Gasteiger partial charge in [0.15, 0.2) is 5.13 Å². The quantitative estimate of drug-likeness (QED) is 0.848. The van der Waals surface area contributed by atoms with E-state index in [1.54, 1.807) is 6.20 Å². The van der Waals surface area contributed by atoms with Crippen molar-refractivity contribution in [1.29, 1.82) is 0 Å². The van der Waals surface area contributed by atoms with Gasteiger partial charge in [-0.2, -0.15) is 0 Å². The van der Waals surface area contributed by atoms with Crippen LogP contribution >= 0.6 is 11.3 Å². The molecule has 0 aliphatic carbocycles. The molecule has 1 fully saturated rings. The number of aromatic nitrogens is 1. The molecule has 16 heavy (non-hydrogen) atoms. The Bertz CT molecular complexity index is 336. The second-order valence-electron chi connectivity index (χ2n) is 3.78. The summed E-state index contributed by atoms with van der Waals surface area (Å²) < 4.78 is 5.50. The fourth-order valence-corrected chi connectivity index (χ4v) is 2.24. The van der Waals surface area contributed by atoms with Crippen molar-refractivity contribution in [2.75, 3.05) is 11.9 Å². The van der Waals surface area contributed by atoms with E-state index in [-0.39, 0.29) is 18.2 Å². The van der Waals surface area contributed by atoms with Gasteiger partial charge >= 0.3 is 6.03 Å². The summed E-state index contributed by atoms with van der Waals surface area (Å²) in [6.45, 7) is 2.75. The number of rotatable bonds is 3. The zero-order valence-corrected chi connectivity index (χ0v) is 9.92. The summed E-state index contributed by atoms with van der Waals surface area (Å²) in [6, 6.07) is -0.194. The molecule has 2 N–H and O–H groups in total. The Hall–Kier alpha value is -1.14. The number of anilines is 1. The van der Waals surface area contributed by atoms with E-state index in [9.17, 15) is 4.79 Å². The number of nitrogens with one attached hydrogen (secondary N) is 2. The standard InChI is InChI=1S/C10H15N3O2S/c1-7(8-3-2-5-15-8)12-9(14)13-10-11-4-6-16-10/h4,6-8H,2-3,5H2,1H3,(H2,11,12,13,14)/t7-,8+/m0/s1. The maximum atomic E-state index is 11.6. The van der Waals surface area contributed by atoms with Crippen molar-refractivity contribution in [1.82, 2.24) is 10.3 Å². The largest absolute Gasteiger partial charge is 0.376 e. The molecule has 6 heteroatoms. The summed E-state index contributed by atoms with van der Waals surface area (Å²) in [4.78, 5) is 15.5. The number of carbonyl (C=O) groups excluding carboxylic acids is 1. The average molecular weight is 241 g/mol. The highest BCUT2D eigenvalue weighted by Gasteiger charge is 2.23. The first-order valence-electron chi connectivity index (χ1n) is 5.34. The highest BCUT2D eigenvalue weighted by atomic mass is 32.1. The first-order valence-corrected chi connectivity index (χ1v) is 6.22. The van der Waals surface area contributed by atoms with Gasteiger partial charge in [-0.3, -0.25) is 5.32 Å². The van der Waals surface area contributed by atoms with Crippen LogP contribution in [0.15, 0.2) is 11.6 Å². The molecule has 0 unspecified atom stereocenters. The van der Waals surface area contributed by atoms with Crippen LogP contribution in [0.4, 0.5) is 9.93 Å². The lowest BCUT2D eigenvalue weighted by atomic mass is 10.1. The Morgan fingerprint density at radius 2 is 2.62 bits per heavy atom. The van der Waals surface area contributed by atoms with Crippen LogP contribution in [0, 0.1) is 0 Å². The third kappa shape index (κ3) is 2.93. The van der Waals surface area contributed by atoms with Gasteiger partial charge < -0.3 is 10.1 Å². The van der Waals surface area contributed by atoms with Crippen LogP contribution in [0.5, 0.6) is 0 Å². The smallest absolute Gasteiger partial charge is 0.321 e. The van der Waals surface area contributed by atoms with Crippen molar-refractivity contribution in [2.24, 2.45) is 0 Å². The van der Waals surface area contributed by atoms with Gasteiger partial charge in [0.05, 0.1) is 12.1 Å². The van der Waals surface area contributed by atoms with Gasteiger partial charge in [0, 0.05) is 18.2 Å². The summed E-state index contributed by atoms with van der Waals surface area (Å²) in [5, 5.41) is 7.96. The van der Waals surface area contributed by atoms with E-state index in [1.165, 1.54) is 11.3 Å². The Morgan fingerprint density at radius 3 is 3.25 bits per heavy atom. The third-order valence-corrected chi connectivity index (χ3v) is 3.22. The average Bonchev–Trinajstić information content (AvgIpc) is 2.88. The molecule has 1 saturated heterocycles. The van der Waals surface area contributed by atoms with Crippen molar-refractivity contribution in [3.63, 3.8) is 0 Å². The van der Waals surface area contributed by atoms with E-state index in [0.29, 0.717) is 5.13 Å². The lowest BCUT2D eigenvalue weighted by Gasteiger charge is -2.19. The number of hydrogen-bond acceptors (Lipinski definition) is 4. The number of thiazole rings is 1. The molecule has 2 heterocycles. The van der Waals surface area contributed by atoms with Crippen LogP contribution in [0.25, 0.3) is 0 Å². The maximum Gasteiger partial charge on any atom is 0.321 e. The molecular weight excluding hydrogens is 226 g/mol. The fourth-order valence-electron chi connectivity index (χ4n) is 1.72. The summed E-state index contributed by atoms with van der Waals surface area (Å²) in [5.41, 5.74) is 0. The van der Waals surface area contributed by atoms with E-state index in [2.05, 4.69) is 15.6 Å². The van der Waals surface area contributed by atoms with Crippen molar-refractivity contribution >= 4 is 22.5 Å². The molecule has 5 nitrogen and oxygen atoms in total. The normalized spacial score (nSPS) is 21.7. The van der Waals surface area contributed by atoms with Crippen molar-refractivity contribution in [3.8, 4) is 0 Å². The summed E-state index contributed by atoms with van der Waals surface area (Å²) in [5.74, 6) is 0. The van der Waals surface area contributed by atoms with Gasteiger partial charge in [-0.15, -0.1) is 11.3 Å². The van der Waals surface area contributed by atoms with Crippen LogP contribution in [0.1, 0.15) is 19.8 Å². The van der Waals surface area contributed by atoms with Gasteiger partial charge in [-0.05, 0) is 19.8 Å². The van der Waals surface area contributed by atoms with E-state index in [4.69, 9.17) is 4.74 Å². The molecule has 0 radical (unpaired) electrons. The van der Waals surface area contributed by atoms with Crippen LogP contribution in [0.3, 0.4) is 0 Å². The lowest BCUT2D eigenvalue weighted by molar-refractivity contribution is 0.0868. The Labute approximate surface area is 98.2 Å². The first kappa shape index (κ1) is 11.3. The molecule has 1 aliphatic rings. The zero-order valence-electron chi connectivity index (χ0n) is 9.10. The lowest BCUT2D eigenvalue weighted by Crippen LogP contribution is -2.42. The minimum atomic E-state index is -0.224. The molecule has 2 amide bonds. The molecular formula is C10H15N3O2S. The van der Waals surface area contributed by atoms with Crippen LogP contribution in [-0.4, -0.2) is 29.8 Å². The van der Waals surface area contributed by atoms with Gasteiger partial charge in [0.25, 0.3) is 0 Å². The molecule has 0 saturated carbocycles. The van der Waals surface area contributed by atoms with Crippen molar-refractivity contribution < 1.29 is 9.53 Å². The maximum absolute atomic E-state index is 11.6. The predicted molar refractivity (Wildman–Crippen MR) is 62.7 cm³/mol. The minimum Gasteiger partial charge on any atom is -0.376 e. The molecule has 0 aromatic carbocycles.